The Bertz CT molecular complexity index is 410. The van der Waals surface area contributed by atoms with E-state index in [-0.39, 0.29) is 5.56 Å². The van der Waals surface area contributed by atoms with Crippen LogP contribution in [0.15, 0.2) is 10.9 Å². The van der Waals surface area contributed by atoms with Crippen LogP contribution in [0.3, 0.4) is 0 Å². The third-order valence-electron chi connectivity index (χ3n) is 2.87. The molecule has 0 radical (unpaired) electrons. The minimum atomic E-state index is -0.0755. The van der Waals surface area contributed by atoms with Crippen molar-refractivity contribution in [3.05, 3.63) is 27.9 Å². The predicted molar refractivity (Wildman–Crippen MR) is 65.1 cm³/mol. The van der Waals surface area contributed by atoms with Crippen molar-refractivity contribution in [2.45, 2.75) is 32.2 Å². The summed E-state index contributed by atoms with van der Waals surface area (Å²) < 4.78 is 5.39. The zero-order valence-corrected chi connectivity index (χ0v) is 10.2. The minimum Gasteiger partial charge on any atom is -0.380 e. The lowest BCUT2D eigenvalue weighted by atomic mass is 10.1. The van der Waals surface area contributed by atoms with Crippen LogP contribution < -0.4 is 10.9 Å². The number of rotatable bonds is 4. The van der Waals surface area contributed by atoms with E-state index in [0.717, 1.165) is 50.5 Å². The first kappa shape index (κ1) is 12.3. The molecule has 0 bridgehead atoms. The van der Waals surface area contributed by atoms with Gasteiger partial charge in [0, 0.05) is 37.4 Å². The third kappa shape index (κ3) is 3.94. The molecule has 2 heterocycles. The van der Waals surface area contributed by atoms with Gasteiger partial charge in [-0.15, -0.1) is 0 Å². The highest BCUT2D eigenvalue weighted by Crippen LogP contribution is 2.05. The highest BCUT2D eigenvalue weighted by molar-refractivity contribution is 5.00. The van der Waals surface area contributed by atoms with E-state index in [2.05, 4.69) is 15.3 Å². The van der Waals surface area contributed by atoms with Gasteiger partial charge in [0.05, 0.1) is 6.61 Å². The number of aryl methyl sites for hydroxylation is 1. The molecule has 0 aliphatic carbocycles. The molecule has 0 aromatic carbocycles. The Kier molecular flexibility index (Phi) is 4.28. The van der Waals surface area contributed by atoms with Gasteiger partial charge < -0.3 is 15.0 Å². The molecule has 1 unspecified atom stereocenters. The summed E-state index contributed by atoms with van der Waals surface area (Å²) in [5.74, 6) is 0.749. The Hall–Kier alpha value is -1.20. The molecule has 94 valence electrons. The van der Waals surface area contributed by atoms with Crippen LogP contribution in [-0.2, 0) is 11.2 Å². The average Bonchev–Trinajstić information content (AvgIpc) is 2.29. The average molecular weight is 237 g/mol. The molecule has 0 saturated carbocycles. The van der Waals surface area contributed by atoms with Crippen LogP contribution in [0.5, 0.6) is 0 Å². The third-order valence-corrected chi connectivity index (χ3v) is 2.87. The summed E-state index contributed by atoms with van der Waals surface area (Å²) in [5.41, 5.74) is 0.693. The van der Waals surface area contributed by atoms with Gasteiger partial charge in [-0.05, 0) is 19.8 Å². The first-order valence-electron chi connectivity index (χ1n) is 6.12. The van der Waals surface area contributed by atoms with Gasteiger partial charge in [0.2, 0.25) is 0 Å². The molecule has 1 fully saturated rings. The van der Waals surface area contributed by atoms with Crippen molar-refractivity contribution in [2.75, 3.05) is 19.8 Å². The second kappa shape index (κ2) is 5.93. The molecule has 2 rings (SSSR count). The summed E-state index contributed by atoms with van der Waals surface area (Å²) in [7, 11) is 0. The van der Waals surface area contributed by atoms with E-state index in [0.29, 0.717) is 6.04 Å². The van der Waals surface area contributed by atoms with Crippen molar-refractivity contribution in [3.8, 4) is 0 Å². The van der Waals surface area contributed by atoms with E-state index < -0.39 is 0 Å². The Morgan fingerprint density at radius 3 is 3.24 bits per heavy atom. The monoisotopic (exact) mass is 237 g/mol. The number of hydrogen-bond acceptors (Lipinski definition) is 4. The van der Waals surface area contributed by atoms with Crippen molar-refractivity contribution < 1.29 is 4.74 Å². The van der Waals surface area contributed by atoms with Crippen LogP contribution in [0.4, 0.5) is 0 Å². The quantitative estimate of drug-likeness (QED) is 0.795. The molecule has 1 aromatic rings. The van der Waals surface area contributed by atoms with Crippen molar-refractivity contribution in [3.63, 3.8) is 0 Å². The van der Waals surface area contributed by atoms with Crippen molar-refractivity contribution in [1.29, 1.82) is 0 Å². The van der Waals surface area contributed by atoms with E-state index in [1.54, 1.807) is 0 Å². The van der Waals surface area contributed by atoms with Crippen LogP contribution in [0.25, 0.3) is 0 Å². The number of aromatic amines is 1. The first-order valence-corrected chi connectivity index (χ1v) is 6.12. The molecule has 1 saturated heterocycles. The Morgan fingerprint density at radius 1 is 1.65 bits per heavy atom. The number of nitrogens with zero attached hydrogens (tertiary/aromatic N) is 1. The topological polar surface area (TPSA) is 67.0 Å². The molecule has 1 aromatic heterocycles. The number of aromatic nitrogens is 2. The van der Waals surface area contributed by atoms with Crippen LogP contribution >= 0.6 is 0 Å². The number of H-pyrrole nitrogens is 1. The molecule has 0 spiro atoms. The van der Waals surface area contributed by atoms with Crippen LogP contribution in [-0.4, -0.2) is 35.8 Å². The van der Waals surface area contributed by atoms with Crippen LogP contribution in [0.2, 0.25) is 0 Å². The van der Waals surface area contributed by atoms with Crippen molar-refractivity contribution in [1.82, 2.24) is 15.3 Å². The van der Waals surface area contributed by atoms with Crippen molar-refractivity contribution in [2.24, 2.45) is 0 Å². The van der Waals surface area contributed by atoms with Gasteiger partial charge in [-0.2, -0.15) is 0 Å². The smallest absolute Gasteiger partial charge is 0.251 e. The lowest BCUT2D eigenvalue weighted by Gasteiger charge is -2.23. The molecule has 5 heteroatoms. The molecular formula is C12H19N3O2. The minimum absolute atomic E-state index is 0.0755. The van der Waals surface area contributed by atoms with E-state index in [1.807, 2.05) is 6.92 Å². The first-order chi connectivity index (χ1) is 8.24. The van der Waals surface area contributed by atoms with Gasteiger partial charge in [-0.3, -0.25) is 4.79 Å². The SMILES string of the molecule is Cc1cc(=O)[nH]c(CCNC2CCCOC2)n1. The summed E-state index contributed by atoms with van der Waals surface area (Å²) in [4.78, 5) is 18.3. The van der Waals surface area contributed by atoms with Crippen LogP contribution in [0.1, 0.15) is 24.4 Å². The fraction of sp³-hybridized carbons (Fsp3) is 0.667. The largest absolute Gasteiger partial charge is 0.380 e. The number of nitrogens with one attached hydrogen (secondary N) is 2. The van der Waals surface area contributed by atoms with E-state index in [4.69, 9.17) is 4.74 Å². The zero-order valence-electron chi connectivity index (χ0n) is 10.2. The second-order valence-electron chi connectivity index (χ2n) is 4.45. The molecular weight excluding hydrogens is 218 g/mol. The molecule has 17 heavy (non-hydrogen) atoms. The summed E-state index contributed by atoms with van der Waals surface area (Å²) >= 11 is 0. The van der Waals surface area contributed by atoms with E-state index in [9.17, 15) is 4.79 Å². The Morgan fingerprint density at radius 2 is 2.53 bits per heavy atom. The van der Waals surface area contributed by atoms with Crippen molar-refractivity contribution >= 4 is 0 Å². The summed E-state index contributed by atoms with van der Waals surface area (Å²) in [6, 6.07) is 1.95. The Labute approximate surface area is 101 Å². The lowest BCUT2D eigenvalue weighted by molar-refractivity contribution is 0.0707. The second-order valence-corrected chi connectivity index (χ2v) is 4.45. The lowest BCUT2D eigenvalue weighted by Crippen LogP contribution is -2.38. The maximum absolute atomic E-state index is 11.2. The Balaban J connectivity index is 1.79. The molecule has 1 aliphatic rings. The standard InChI is InChI=1S/C12H19N3O2/c1-9-7-12(16)15-11(14-9)4-5-13-10-3-2-6-17-8-10/h7,10,13H,2-6,8H2,1H3,(H,14,15,16). The zero-order chi connectivity index (χ0) is 12.1. The fourth-order valence-corrected chi connectivity index (χ4v) is 2.06. The normalized spacial score (nSPS) is 20.4. The maximum atomic E-state index is 11.2. The van der Waals surface area contributed by atoms with Gasteiger partial charge >= 0.3 is 0 Å². The van der Waals surface area contributed by atoms with Gasteiger partial charge in [0.25, 0.3) is 5.56 Å². The van der Waals surface area contributed by atoms with Gasteiger partial charge in [0.15, 0.2) is 0 Å². The molecule has 1 aliphatic heterocycles. The molecule has 1 atom stereocenters. The summed E-state index contributed by atoms with van der Waals surface area (Å²) in [5, 5.41) is 3.42. The van der Waals surface area contributed by atoms with E-state index in [1.165, 1.54) is 6.07 Å². The van der Waals surface area contributed by atoms with Gasteiger partial charge in [0.1, 0.15) is 5.82 Å². The highest BCUT2D eigenvalue weighted by Gasteiger charge is 2.12. The molecule has 0 amide bonds. The van der Waals surface area contributed by atoms with Gasteiger partial charge in [-0.1, -0.05) is 0 Å². The van der Waals surface area contributed by atoms with E-state index >= 15 is 0 Å². The summed E-state index contributed by atoms with van der Waals surface area (Å²) in [6.45, 7) is 4.32. The van der Waals surface area contributed by atoms with Crippen LogP contribution in [0, 0.1) is 6.92 Å². The highest BCUT2D eigenvalue weighted by atomic mass is 16.5. The summed E-state index contributed by atoms with van der Waals surface area (Å²) in [6.07, 6.45) is 3.03. The maximum Gasteiger partial charge on any atom is 0.251 e. The number of ether oxygens (including phenoxy) is 1. The molecule has 5 nitrogen and oxygen atoms in total. The fourth-order valence-electron chi connectivity index (χ4n) is 2.06. The molecule has 2 N–H and O–H groups in total. The number of hydrogen-bond donors (Lipinski definition) is 2. The predicted octanol–water partition coefficient (Wildman–Crippen LogP) is 0.389. The van der Waals surface area contributed by atoms with Gasteiger partial charge in [-0.25, -0.2) is 4.98 Å².